The second kappa shape index (κ2) is 4.83. The summed E-state index contributed by atoms with van der Waals surface area (Å²) in [6.45, 7) is 1.41. The van der Waals surface area contributed by atoms with Crippen LogP contribution < -0.4 is 16.0 Å². The number of carbonyl (C=O) groups is 2. The largest absolute Gasteiger partial charge is 0.399 e. The number of carbonyl (C=O) groups excluding carboxylic acids is 2. The minimum absolute atomic E-state index is 0.142. The smallest absolute Gasteiger partial charge is 0.265 e. The molecule has 1 aromatic rings. The highest BCUT2D eigenvalue weighted by molar-refractivity contribution is 6.04. The molecule has 0 spiro atoms. The van der Waals surface area contributed by atoms with Crippen molar-refractivity contribution in [1.82, 2.24) is 5.32 Å². The first-order valence-electron chi connectivity index (χ1n) is 5.68. The predicted octanol–water partition coefficient (Wildman–Crippen LogP) is 1.06. The Bertz CT molecular complexity index is 534. The third-order valence-corrected chi connectivity index (χ3v) is 3.02. The molecule has 102 valence electrons. The van der Waals surface area contributed by atoms with Gasteiger partial charge in [-0.15, -0.1) is 0 Å². The maximum atomic E-state index is 13.0. The van der Waals surface area contributed by atoms with E-state index < -0.39 is 24.3 Å². The number of nitrogens with two attached hydrogens (primary N) is 1. The van der Waals surface area contributed by atoms with Crippen LogP contribution in [0.1, 0.15) is 18.9 Å². The van der Waals surface area contributed by atoms with E-state index in [1.807, 2.05) is 0 Å². The zero-order valence-corrected chi connectivity index (χ0v) is 10.2. The number of nitrogens with one attached hydrogen (secondary N) is 1. The molecule has 1 fully saturated rings. The van der Waals surface area contributed by atoms with E-state index in [1.165, 1.54) is 17.0 Å². The maximum Gasteiger partial charge on any atom is 0.265 e. The van der Waals surface area contributed by atoms with Crippen LogP contribution in [0.2, 0.25) is 0 Å². The summed E-state index contributed by atoms with van der Waals surface area (Å²) in [7, 11) is 0. The van der Waals surface area contributed by atoms with E-state index in [0.717, 1.165) is 6.07 Å². The molecule has 0 saturated carbocycles. The first kappa shape index (κ1) is 13.3. The van der Waals surface area contributed by atoms with Crippen LogP contribution in [0.15, 0.2) is 18.2 Å². The number of alkyl halides is 2. The molecule has 0 bridgehead atoms. The van der Waals surface area contributed by atoms with Gasteiger partial charge in [-0.3, -0.25) is 14.9 Å². The normalized spacial score (nSPS) is 19.8. The van der Waals surface area contributed by atoms with Gasteiger partial charge in [0.05, 0.1) is 6.54 Å². The summed E-state index contributed by atoms with van der Waals surface area (Å²) in [6, 6.07) is 3.33. The number of nitrogen functional groups attached to an aromatic ring is 1. The lowest BCUT2D eigenvalue weighted by molar-refractivity contribution is -0.132. The third kappa shape index (κ3) is 2.49. The Hall–Kier alpha value is -2.18. The summed E-state index contributed by atoms with van der Waals surface area (Å²) < 4.78 is 26.0. The predicted molar refractivity (Wildman–Crippen MR) is 65.8 cm³/mol. The Morgan fingerprint density at radius 3 is 2.74 bits per heavy atom. The number of nitrogens with zero attached hydrogens (tertiary/aromatic N) is 1. The van der Waals surface area contributed by atoms with Crippen molar-refractivity contribution >= 4 is 23.2 Å². The average molecular weight is 269 g/mol. The van der Waals surface area contributed by atoms with Gasteiger partial charge in [0.25, 0.3) is 6.43 Å². The van der Waals surface area contributed by atoms with Gasteiger partial charge in [0.15, 0.2) is 0 Å². The monoisotopic (exact) mass is 269 g/mol. The van der Waals surface area contributed by atoms with Crippen molar-refractivity contribution in [3.63, 3.8) is 0 Å². The molecule has 1 aromatic carbocycles. The zero-order valence-electron chi connectivity index (χ0n) is 10.2. The van der Waals surface area contributed by atoms with E-state index in [9.17, 15) is 18.4 Å². The minimum atomic E-state index is -2.73. The van der Waals surface area contributed by atoms with E-state index >= 15 is 0 Å². The topological polar surface area (TPSA) is 75.4 Å². The van der Waals surface area contributed by atoms with Crippen LogP contribution in [0.4, 0.5) is 20.2 Å². The van der Waals surface area contributed by atoms with Crippen LogP contribution in [0.3, 0.4) is 0 Å². The van der Waals surface area contributed by atoms with Gasteiger partial charge in [-0.25, -0.2) is 8.78 Å². The molecule has 5 nitrogen and oxygen atoms in total. The fourth-order valence-corrected chi connectivity index (χ4v) is 2.02. The van der Waals surface area contributed by atoms with Crippen molar-refractivity contribution in [2.24, 2.45) is 0 Å². The van der Waals surface area contributed by atoms with E-state index in [4.69, 9.17) is 5.73 Å². The van der Waals surface area contributed by atoms with Crippen molar-refractivity contribution in [1.29, 1.82) is 0 Å². The number of halogens is 2. The number of anilines is 2. The van der Waals surface area contributed by atoms with Crippen LogP contribution in [0, 0.1) is 0 Å². The van der Waals surface area contributed by atoms with E-state index in [0.29, 0.717) is 0 Å². The first-order chi connectivity index (χ1) is 8.90. The lowest BCUT2D eigenvalue weighted by Crippen LogP contribution is -2.57. The molecule has 1 aliphatic rings. The Labute approximate surface area is 108 Å². The summed E-state index contributed by atoms with van der Waals surface area (Å²) in [5.41, 5.74) is 5.56. The molecule has 2 rings (SSSR count). The highest BCUT2D eigenvalue weighted by atomic mass is 19.3. The molecule has 2 amide bonds. The minimum Gasteiger partial charge on any atom is -0.399 e. The van der Waals surface area contributed by atoms with Crippen molar-refractivity contribution in [2.45, 2.75) is 19.4 Å². The average Bonchev–Trinajstić information content (AvgIpc) is 2.34. The third-order valence-electron chi connectivity index (χ3n) is 3.02. The molecule has 7 heteroatoms. The fraction of sp³-hybridized carbons (Fsp3) is 0.333. The van der Waals surface area contributed by atoms with Crippen LogP contribution in [-0.4, -0.2) is 24.4 Å². The fourth-order valence-electron chi connectivity index (χ4n) is 2.02. The van der Waals surface area contributed by atoms with Gasteiger partial charge in [0, 0.05) is 16.9 Å². The van der Waals surface area contributed by atoms with Gasteiger partial charge in [-0.2, -0.15) is 0 Å². The molecule has 0 aliphatic carbocycles. The Balaban J connectivity index is 2.45. The molecule has 1 heterocycles. The highest BCUT2D eigenvalue weighted by Crippen LogP contribution is 2.33. The van der Waals surface area contributed by atoms with Gasteiger partial charge in [-0.05, 0) is 25.1 Å². The van der Waals surface area contributed by atoms with Gasteiger partial charge >= 0.3 is 0 Å². The standard InChI is InChI=1S/C12H13F2N3O2/c1-6-12(19)16-10(18)5-17(6)9-3-2-7(15)4-8(9)11(13)14/h2-4,6,11H,5,15H2,1H3,(H,16,18,19). The number of hydrogen-bond acceptors (Lipinski definition) is 4. The molecule has 1 unspecified atom stereocenters. The van der Waals surface area contributed by atoms with Crippen LogP contribution in [0.5, 0.6) is 0 Å². The first-order valence-corrected chi connectivity index (χ1v) is 5.68. The molecule has 3 N–H and O–H groups in total. The van der Waals surface area contributed by atoms with E-state index in [1.54, 1.807) is 6.92 Å². The second-order valence-electron chi connectivity index (χ2n) is 4.34. The van der Waals surface area contributed by atoms with Crippen molar-refractivity contribution in [2.75, 3.05) is 17.2 Å². The van der Waals surface area contributed by atoms with Gasteiger partial charge in [0.1, 0.15) is 6.04 Å². The molecule has 1 atom stereocenters. The van der Waals surface area contributed by atoms with Crippen LogP contribution in [-0.2, 0) is 9.59 Å². The van der Waals surface area contributed by atoms with Gasteiger partial charge in [0.2, 0.25) is 11.8 Å². The molecular weight excluding hydrogens is 256 g/mol. The van der Waals surface area contributed by atoms with Crippen LogP contribution >= 0.6 is 0 Å². The number of amides is 2. The number of rotatable bonds is 2. The molecule has 1 aliphatic heterocycles. The lowest BCUT2D eigenvalue weighted by atomic mass is 10.1. The molecule has 0 radical (unpaired) electrons. The Morgan fingerprint density at radius 2 is 2.11 bits per heavy atom. The number of hydrogen-bond donors (Lipinski definition) is 2. The van der Waals surface area contributed by atoms with E-state index in [2.05, 4.69) is 5.32 Å². The summed E-state index contributed by atoms with van der Waals surface area (Å²) >= 11 is 0. The second-order valence-corrected chi connectivity index (χ2v) is 4.34. The summed E-state index contributed by atoms with van der Waals surface area (Å²) in [6.07, 6.45) is -2.73. The molecule has 1 saturated heterocycles. The zero-order chi connectivity index (χ0) is 14.2. The summed E-state index contributed by atoms with van der Waals surface area (Å²) in [5, 5.41) is 2.16. The molecule has 19 heavy (non-hydrogen) atoms. The quantitative estimate of drug-likeness (QED) is 0.621. The van der Waals surface area contributed by atoms with Crippen molar-refractivity contribution in [3.05, 3.63) is 23.8 Å². The Kier molecular flexibility index (Phi) is 3.37. The number of imide groups is 1. The SMILES string of the molecule is CC1C(=O)NC(=O)CN1c1ccc(N)cc1C(F)F. The summed E-state index contributed by atoms with van der Waals surface area (Å²) in [5.74, 6) is -1.02. The Morgan fingerprint density at radius 1 is 1.42 bits per heavy atom. The molecular formula is C12H13F2N3O2. The lowest BCUT2D eigenvalue weighted by Gasteiger charge is -2.34. The highest BCUT2D eigenvalue weighted by Gasteiger charge is 2.32. The maximum absolute atomic E-state index is 13.0. The number of piperazine rings is 1. The molecule has 0 aromatic heterocycles. The van der Waals surface area contributed by atoms with Gasteiger partial charge in [-0.1, -0.05) is 0 Å². The summed E-state index contributed by atoms with van der Waals surface area (Å²) in [4.78, 5) is 24.3. The van der Waals surface area contributed by atoms with Gasteiger partial charge < -0.3 is 10.6 Å². The van der Waals surface area contributed by atoms with Crippen LogP contribution in [0.25, 0.3) is 0 Å². The number of benzene rings is 1. The van der Waals surface area contributed by atoms with Crippen molar-refractivity contribution < 1.29 is 18.4 Å². The van der Waals surface area contributed by atoms with E-state index in [-0.39, 0.29) is 23.5 Å². The van der Waals surface area contributed by atoms with Crippen molar-refractivity contribution in [3.8, 4) is 0 Å².